The molecule has 1 saturated carbocycles. The predicted octanol–water partition coefficient (Wildman–Crippen LogP) is 3.62. The summed E-state index contributed by atoms with van der Waals surface area (Å²) in [6.45, 7) is 3.63. The number of carbonyl (C=O) groups is 1. The fraction of sp³-hybridized carbons (Fsp3) is 0.400. The summed E-state index contributed by atoms with van der Waals surface area (Å²) in [6.07, 6.45) is 9.06. The monoisotopic (exact) mass is 457 g/mol. The summed E-state index contributed by atoms with van der Waals surface area (Å²) in [5.41, 5.74) is 2.86. The number of anilines is 1. The molecule has 1 saturated heterocycles. The molecule has 0 atom stereocenters. The summed E-state index contributed by atoms with van der Waals surface area (Å²) in [5.74, 6) is 2.03. The lowest BCUT2D eigenvalue weighted by atomic mass is 10.0. The van der Waals surface area contributed by atoms with Crippen molar-refractivity contribution in [1.29, 1.82) is 5.26 Å². The highest BCUT2D eigenvalue weighted by Crippen LogP contribution is 2.35. The van der Waals surface area contributed by atoms with E-state index >= 15 is 0 Å². The van der Waals surface area contributed by atoms with Crippen LogP contribution < -0.4 is 15.0 Å². The van der Waals surface area contributed by atoms with Crippen molar-refractivity contribution in [3.8, 4) is 23.4 Å². The predicted molar refractivity (Wildman–Crippen MR) is 126 cm³/mol. The molecular formula is C25H27N7O2. The average molecular weight is 458 g/mol. The maximum atomic E-state index is 12.5. The minimum Gasteiger partial charge on any atom is -0.437 e. The molecule has 0 spiro atoms. The van der Waals surface area contributed by atoms with Crippen LogP contribution in [0.3, 0.4) is 0 Å². The van der Waals surface area contributed by atoms with Crippen LogP contribution in [0.15, 0.2) is 36.7 Å². The number of ether oxygens (including phenoxy) is 1. The minimum atomic E-state index is 0.0178. The van der Waals surface area contributed by atoms with Crippen molar-refractivity contribution >= 4 is 11.6 Å². The van der Waals surface area contributed by atoms with E-state index in [4.69, 9.17) is 4.74 Å². The van der Waals surface area contributed by atoms with Crippen LogP contribution in [0.2, 0.25) is 0 Å². The highest BCUT2D eigenvalue weighted by atomic mass is 16.5. The van der Waals surface area contributed by atoms with Gasteiger partial charge in [-0.3, -0.25) is 4.79 Å². The van der Waals surface area contributed by atoms with Gasteiger partial charge in [-0.15, -0.1) is 0 Å². The Hall–Kier alpha value is -3.77. The van der Waals surface area contributed by atoms with Crippen LogP contribution in [0.1, 0.15) is 55.1 Å². The first-order valence-corrected chi connectivity index (χ1v) is 11.7. The number of nitriles is 1. The third-order valence-corrected chi connectivity index (χ3v) is 6.35. The van der Waals surface area contributed by atoms with Crippen molar-refractivity contribution in [2.45, 2.75) is 44.9 Å². The van der Waals surface area contributed by atoms with Crippen molar-refractivity contribution in [3.63, 3.8) is 0 Å². The number of hydrogen-bond acceptors (Lipinski definition) is 7. The third kappa shape index (κ3) is 4.63. The molecule has 9 nitrogen and oxygen atoms in total. The molecule has 2 aliphatic rings. The third-order valence-electron chi connectivity index (χ3n) is 6.35. The van der Waals surface area contributed by atoms with Gasteiger partial charge in [0, 0.05) is 24.6 Å². The quantitative estimate of drug-likeness (QED) is 0.623. The number of carbonyl (C=O) groups excluding carboxylic acids is 1. The Morgan fingerprint density at radius 3 is 2.85 bits per heavy atom. The highest BCUT2D eigenvalue weighted by Gasteiger charge is 2.22. The van der Waals surface area contributed by atoms with Gasteiger partial charge in [0.25, 0.3) is 0 Å². The molecule has 3 heterocycles. The molecule has 174 valence electrons. The van der Waals surface area contributed by atoms with Gasteiger partial charge in [0.2, 0.25) is 11.8 Å². The van der Waals surface area contributed by atoms with E-state index in [0.717, 1.165) is 37.2 Å². The largest absolute Gasteiger partial charge is 0.437 e. The zero-order chi connectivity index (χ0) is 23.5. The summed E-state index contributed by atoms with van der Waals surface area (Å²) in [7, 11) is 0. The van der Waals surface area contributed by atoms with E-state index in [9.17, 15) is 10.1 Å². The lowest BCUT2D eigenvalue weighted by Crippen LogP contribution is -2.34. The number of aryl methyl sites for hydroxylation is 1. The normalized spacial score (nSPS) is 16.9. The van der Waals surface area contributed by atoms with Gasteiger partial charge in [-0.2, -0.15) is 15.3 Å². The van der Waals surface area contributed by atoms with Crippen LogP contribution in [-0.4, -0.2) is 45.3 Å². The van der Waals surface area contributed by atoms with Gasteiger partial charge < -0.3 is 15.0 Å². The second-order valence-corrected chi connectivity index (χ2v) is 8.77. The number of rotatable bonds is 5. The van der Waals surface area contributed by atoms with Gasteiger partial charge in [0.05, 0.1) is 42.0 Å². The van der Waals surface area contributed by atoms with Crippen LogP contribution in [0.4, 0.5) is 5.69 Å². The van der Waals surface area contributed by atoms with E-state index < -0.39 is 0 Å². The minimum absolute atomic E-state index is 0.0178. The molecule has 3 aromatic rings. The van der Waals surface area contributed by atoms with E-state index in [1.807, 2.05) is 19.2 Å². The van der Waals surface area contributed by atoms with E-state index in [-0.39, 0.29) is 5.91 Å². The van der Waals surface area contributed by atoms with Gasteiger partial charge in [0.1, 0.15) is 11.5 Å². The Labute approximate surface area is 198 Å². The lowest BCUT2D eigenvalue weighted by Gasteiger charge is -2.17. The molecule has 1 N–H and O–H groups in total. The Kier molecular flexibility index (Phi) is 6.23. The van der Waals surface area contributed by atoms with Crippen LogP contribution in [-0.2, 0) is 4.79 Å². The van der Waals surface area contributed by atoms with Gasteiger partial charge >= 0.3 is 0 Å². The second kappa shape index (κ2) is 9.61. The zero-order valence-corrected chi connectivity index (χ0v) is 19.2. The second-order valence-electron chi connectivity index (χ2n) is 8.77. The topological polar surface area (TPSA) is 109 Å². The summed E-state index contributed by atoms with van der Waals surface area (Å²) in [4.78, 5) is 23.3. The van der Waals surface area contributed by atoms with Crippen molar-refractivity contribution < 1.29 is 9.53 Å². The molecule has 34 heavy (non-hydrogen) atoms. The number of hydrogen-bond donors (Lipinski definition) is 1. The molecule has 2 fully saturated rings. The van der Waals surface area contributed by atoms with Crippen LogP contribution in [0.25, 0.3) is 5.69 Å². The van der Waals surface area contributed by atoms with Gasteiger partial charge in [0.15, 0.2) is 5.75 Å². The molecule has 5 rings (SSSR count). The highest BCUT2D eigenvalue weighted by molar-refractivity contribution is 5.94. The maximum absolute atomic E-state index is 12.5. The summed E-state index contributed by atoms with van der Waals surface area (Å²) >= 11 is 0. The van der Waals surface area contributed by atoms with Gasteiger partial charge in [-0.25, -0.2) is 9.67 Å². The molecule has 1 aliphatic carbocycles. The van der Waals surface area contributed by atoms with Crippen LogP contribution >= 0.6 is 0 Å². The summed E-state index contributed by atoms with van der Waals surface area (Å²) in [6, 6.07) is 9.27. The van der Waals surface area contributed by atoms with Gasteiger partial charge in [-0.1, -0.05) is 12.8 Å². The Morgan fingerprint density at radius 2 is 2.03 bits per heavy atom. The molecule has 9 heteroatoms. The number of benzene rings is 1. The van der Waals surface area contributed by atoms with Crippen molar-refractivity contribution in [2.24, 2.45) is 0 Å². The Morgan fingerprint density at radius 1 is 1.18 bits per heavy atom. The number of aromatic nitrogens is 4. The molecule has 0 bridgehead atoms. The Bertz CT molecular complexity index is 1240. The fourth-order valence-corrected chi connectivity index (χ4v) is 4.65. The van der Waals surface area contributed by atoms with Crippen molar-refractivity contribution in [2.75, 3.05) is 24.5 Å². The van der Waals surface area contributed by atoms with E-state index in [2.05, 4.69) is 26.5 Å². The molecule has 2 aromatic heterocycles. The number of nitrogens with zero attached hydrogens (tertiary/aromatic N) is 6. The van der Waals surface area contributed by atoms with Crippen LogP contribution in [0, 0.1) is 18.3 Å². The summed E-state index contributed by atoms with van der Waals surface area (Å²) < 4.78 is 7.90. The van der Waals surface area contributed by atoms with E-state index in [1.54, 1.807) is 34.0 Å². The fourth-order valence-electron chi connectivity index (χ4n) is 4.65. The molecule has 1 aliphatic heterocycles. The first-order valence-electron chi connectivity index (χ1n) is 11.7. The molecule has 0 unspecified atom stereocenters. The number of nitrogens with one attached hydrogen (secondary N) is 1. The average Bonchev–Trinajstić information content (AvgIpc) is 3.50. The molecule has 0 radical (unpaired) electrons. The lowest BCUT2D eigenvalue weighted by molar-refractivity contribution is -0.117. The molecule has 1 aromatic carbocycles. The zero-order valence-electron chi connectivity index (χ0n) is 19.2. The molecular weight excluding hydrogens is 430 g/mol. The van der Waals surface area contributed by atoms with Crippen molar-refractivity contribution in [3.05, 3.63) is 53.7 Å². The van der Waals surface area contributed by atoms with Crippen LogP contribution in [0.5, 0.6) is 11.6 Å². The first kappa shape index (κ1) is 22.0. The van der Waals surface area contributed by atoms with E-state index in [0.29, 0.717) is 47.7 Å². The van der Waals surface area contributed by atoms with Crippen molar-refractivity contribution in [1.82, 2.24) is 25.1 Å². The maximum Gasteiger partial charge on any atom is 0.241 e. The Balaban J connectivity index is 1.47. The summed E-state index contributed by atoms with van der Waals surface area (Å²) in [5, 5.41) is 17.1. The van der Waals surface area contributed by atoms with Gasteiger partial charge in [-0.05, 0) is 44.9 Å². The standard InChI is InChI=1S/C25H27N7O2/c1-17-29-21(19-5-2-3-6-19)12-24(30-17)34-23-11-18(13-26)7-8-22(23)32-16-20(14-28-32)31-10-4-9-27-15-25(31)33/h7-8,11-12,14,16,19,27H,2-6,9-10,15H2,1H3. The SMILES string of the molecule is Cc1nc(Oc2cc(C#N)ccc2-n2cc(N3CCCNCC3=O)cn2)cc(C2CCCC2)n1. The smallest absolute Gasteiger partial charge is 0.241 e. The number of amides is 1. The van der Waals surface area contributed by atoms with E-state index in [1.165, 1.54) is 12.8 Å². The first-order chi connectivity index (χ1) is 16.6. The molecule has 1 amide bonds.